The molecule has 0 amide bonds. The van der Waals surface area contributed by atoms with Gasteiger partial charge >= 0.3 is 17.3 Å². The molecular weight excluding hydrogens is 819 g/mol. The van der Waals surface area contributed by atoms with Crippen LogP contribution in [0.3, 0.4) is 0 Å². The highest BCUT2D eigenvalue weighted by Gasteiger charge is 2.32. The minimum absolute atomic E-state index is 0.114. The average molecular weight is 897 g/mol. The van der Waals surface area contributed by atoms with Crippen LogP contribution in [0.5, 0.6) is 0 Å². The number of rotatable bonds is 35. The Hall–Kier alpha value is -0.980. The highest BCUT2D eigenvalue weighted by molar-refractivity contribution is 7.92. The summed E-state index contributed by atoms with van der Waals surface area (Å²) in [5.41, 5.74) is -0.901. The molecule has 0 rings (SSSR count). The summed E-state index contributed by atoms with van der Waals surface area (Å²) in [7, 11) is -13.4. The number of sulfone groups is 1. The Morgan fingerprint density at radius 2 is 0.649 bits per heavy atom. The van der Waals surface area contributed by atoms with Crippen LogP contribution in [0.25, 0.3) is 0 Å². The Morgan fingerprint density at radius 1 is 0.421 bits per heavy atom. The second-order valence-corrected chi connectivity index (χ2v) is 21.1. The van der Waals surface area contributed by atoms with Crippen LogP contribution in [0, 0.1) is 5.41 Å². The Morgan fingerprint density at radius 3 is 0.842 bits per heavy atom. The summed E-state index contributed by atoms with van der Waals surface area (Å²) in [6.45, 7) is 9.13. The smallest absolute Gasteiger partial charge is 0.298 e. The Kier molecular flexibility index (Phi) is 39.0. The molecular formula is C39H78F6N2O7S3. The minimum atomic E-state index is -4.56. The van der Waals surface area contributed by atoms with Gasteiger partial charge in [0.2, 0.25) is 9.84 Å². The summed E-state index contributed by atoms with van der Waals surface area (Å²) in [6, 6.07) is 0. The first-order chi connectivity index (χ1) is 26.6. The van der Waals surface area contributed by atoms with E-state index < -0.39 is 64.1 Å². The summed E-state index contributed by atoms with van der Waals surface area (Å²) >= 11 is 0. The van der Waals surface area contributed by atoms with Crippen molar-refractivity contribution in [3.05, 3.63) is 0 Å². The van der Waals surface area contributed by atoms with E-state index in [0.29, 0.717) is 12.8 Å². The van der Waals surface area contributed by atoms with Crippen molar-refractivity contribution in [1.29, 1.82) is 0 Å². The molecule has 0 fully saturated rings. The molecule has 0 aromatic heterocycles. The molecule has 0 radical (unpaired) electrons. The minimum Gasteiger partial charge on any atom is -0.298 e. The molecule has 0 unspecified atom stereocenters. The summed E-state index contributed by atoms with van der Waals surface area (Å²) in [4.78, 5) is 11.1. The fourth-order valence-corrected chi connectivity index (χ4v) is 7.34. The van der Waals surface area contributed by atoms with Crippen molar-refractivity contribution in [2.75, 3.05) is 18.8 Å². The number of halogens is 6. The molecule has 0 aliphatic heterocycles. The second kappa shape index (κ2) is 36.8. The van der Waals surface area contributed by atoms with Crippen molar-refractivity contribution in [3.63, 3.8) is 0 Å². The zero-order valence-electron chi connectivity index (χ0n) is 35.6. The number of unbranched alkanes of at least 4 members (excludes halogenated alkanes) is 24. The zero-order valence-corrected chi connectivity index (χ0v) is 38.0. The van der Waals surface area contributed by atoms with Crippen LogP contribution in [-0.4, -0.2) is 67.2 Å². The standard InChI is InChI=1S/C19H39F2NO2S.C13H27F2NO2S.C7H12F2O3S/c1-2-3-4-5-6-7-8-9-10-11-12-13-14-15-16-17-18-22-25(23,24)19(20)21;1-2-3-4-5-6-7-8-9-10-11-12-16-19(17,18)13(14)15;1-7(2,3)5(10)4-13(11,12)6(8)9/h19,22H,2-18H2,1H3;13,16H,2-12H2,1H3;6H,4H2,1-3H3. The average Bonchev–Trinajstić information content (AvgIpc) is 3.11. The maximum Gasteiger partial charge on any atom is 0.350 e. The molecule has 2 N–H and O–H groups in total. The van der Waals surface area contributed by atoms with Crippen LogP contribution in [0.1, 0.15) is 202 Å². The number of nitrogens with one attached hydrogen (secondary N) is 2. The molecule has 18 heteroatoms. The van der Waals surface area contributed by atoms with Gasteiger partial charge in [0, 0.05) is 18.5 Å². The molecule has 0 atom stereocenters. The van der Waals surface area contributed by atoms with Gasteiger partial charge in [-0.05, 0) is 12.8 Å². The van der Waals surface area contributed by atoms with Crippen LogP contribution in [-0.2, 0) is 34.7 Å². The van der Waals surface area contributed by atoms with Gasteiger partial charge in [-0.15, -0.1) is 0 Å². The van der Waals surface area contributed by atoms with Gasteiger partial charge in [0.15, 0.2) is 5.78 Å². The fourth-order valence-electron chi connectivity index (χ4n) is 5.30. The summed E-state index contributed by atoms with van der Waals surface area (Å²) in [5, 5.41) is 0. The molecule has 0 saturated heterocycles. The predicted molar refractivity (Wildman–Crippen MR) is 221 cm³/mol. The third kappa shape index (κ3) is 40.2. The molecule has 0 spiro atoms. The molecule has 57 heavy (non-hydrogen) atoms. The first-order valence-electron chi connectivity index (χ1n) is 21.1. The van der Waals surface area contributed by atoms with E-state index in [9.17, 15) is 56.4 Å². The second-order valence-electron chi connectivity index (χ2n) is 15.6. The van der Waals surface area contributed by atoms with Gasteiger partial charge < -0.3 is 0 Å². The monoisotopic (exact) mass is 896 g/mol. The molecule has 346 valence electrons. The molecule has 9 nitrogen and oxygen atoms in total. The van der Waals surface area contributed by atoms with E-state index in [0.717, 1.165) is 38.5 Å². The molecule has 0 aromatic carbocycles. The normalized spacial score (nSPS) is 12.5. The van der Waals surface area contributed by atoms with Gasteiger partial charge in [-0.3, -0.25) is 4.79 Å². The first-order valence-corrected chi connectivity index (χ1v) is 26.0. The lowest BCUT2D eigenvalue weighted by molar-refractivity contribution is -0.123. The van der Waals surface area contributed by atoms with Crippen molar-refractivity contribution in [1.82, 2.24) is 9.44 Å². The van der Waals surface area contributed by atoms with Crippen molar-refractivity contribution >= 4 is 35.7 Å². The maximum absolute atomic E-state index is 12.1. The molecule has 0 heterocycles. The quantitative estimate of drug-likeness (QED) is 0.0476. The van der Waals surface area contributed by atoms with Crippen LogP contribution in [0.2, 0.25) is 0 Å². The Labute approximate surface area is 343 Å². The SMILES string of the molecule is CC(C)(C)C(=O)CS(=O)(=O)C(F)F.CCCCCCCCCCCCCCCCCCNS(=O)(=O)C(F)F.CCCCCCCCCCCCNS(=O)(=O)C(F)F. The van der Waals surface area contributed by atoms with E-state index in [2.05, 4.69) is 13.8 Å². The molecule has 0 aliphatic carbocycles. The van der Waals surface area contributed by atoms with Crippen molar-refractivity contribution < 1.29 is 56.4 Å². The van der Waals surface area contributed by atoms with Crippen molar-refractivity contribution in [3.8, 4) is 0 Å². The number of alkyl halides is 6. The third-order valence-electron chi connectivity index (χ3n) is 9.08. The fraction of sp³-hybridized carbons (Fsp3) is 0.974. The zero-order chi connectivity index (χ0) is 44.2. The summed E-state index contributed by atoms with van der Waals surface area (Å²) in [6.07, 6.45) is 31.2. The molecule has 0 aromatic rings. The topological polar surface area (TPSA) is 144 Å². The van der Waals surface area contributed by atoms with Crippen LogP contribution in [0.15, 0.2) is 0 Å². The van der Waals surface area contributed by atoms with E-state index in [1.54, 1.807) is 0 Å². The van der Waals surface area contributed by atoms with Gasteiger partial charge in [-0.1, -0.05) is 189 Å². The largest absolute Gasteiger partial charge is 0.350 e. The number of Topliss-reactive ketones (excluding diaryl/α,β-unsaturated/α-hetero) is 1. The highest BCUT2D eigenvalue weighted by atomic mass is 32.2. The van der Waals surface area contributed by atoms with Gasteiger partial charge in [0.25, 0.3) is 20.0 Å². The Bertz CT molecular complexity index is 1270. The third-order valence-corrected chi connectivity index (χ3v) is 12.4. The highest BCUT2D eigenvalue weighted by Crippen LogP contribution is 2.18. The summed E-state index contributed by atoms with van der Waals surface area (Å²) < 4.78 is 140. The molecule has 0 saturated carbocycles. The lowest BCUT2D eigenvalue weighted by atomic mass is 9.92. The van der Waals surface area contributed by atoms with Crippen molar-refractivity contribution in [2.24, 2.45) is 5.41 Å². The number of hydrogen-bond donors (Lipinski definition) is 2. The van der Waals surface area contributed by atoms with E-state index in [1.807, 2.05) is 9.44 Å². The van der Waals surface area contributed by atoms with Crippen LogP contribution in [0.4, 0.5) is 26.3 Å². The predicted octanol–water partition coefficient (Wildman–Crippen LogP) is 11.7. The van der Waals surface area contributed by atoms with Gasteiger partial charge in [-0.25, -0.2) is 34.7 Å². The number of hydrogen-bond acceptors (Lipinski definition) is 7. The number of carbonyl (C=O) groups is 1. The lowest BCUT2D eigenvalue weighted by Gasteiger charge is -2.15. The number of ketones is 1. The van der Waals surface area contributed by atoms with Crippen LogP contribution < -0.4 is 9.44 Å². The van der Waals surface area contributed by atoms with Gasteiger partial charge in [0.1, 0.15) is 5.75 Å². The molecule has 0 bridgehead atoms. The van der Waals surface area contributed by atoms with Gasteiger partial charge in [-0.2, -0.15) is 26.3 Å². The first kappa shape index (κ1) is 60.3. The van der Waals surface area contributed by atoms with E-state index >= 15 is 0 Å². The van der Waals surface area contributed by atoms with E-state index in [-0.39, 0.29) is 13.1 Å². The van der Waals surface area contributed by atoms with Crippen LogP contribution >= 0.6 is 0 Å². The number of sulfonamides is 2. The maximum atomic E-state index is 12.1. The van der Waals surface area contributed by atoms with Crippen molar-refractivity contribution in [2.45, 2.75) is 219 Å². The van der Waals surface area contributed by atoms with Gasteiger partial charge in [0.05, 0.1) is 0 Å². The molecule has 0 aliphatic rings. The number of carbonyl (C=O) groups excluding carboxylic acids is 1. The Balaban J connectivity index is -0.000000808. The van der Waals surface area contributed by atoms with E-state index in [1.165, 1.54) is 136 Å². The summed E-state index contributed by atoms with van der Waals surface area (Å²) in [5.74, 6) is -11.9. The van der Waals surface area contributed by atoms with E-state index in [4.69, 9.17) is 0 Å². The lowest BCUT2D eigenvalue weighted by Crippen LogP contribution is -2.30.